The second-order valence-electron chi connectivity index (χ2n) is 3.98. The molecule has 0 bridgehead atoms. The van der Waals surface area contributed by atoms with Crippen LogP contribution in [0.4, 0.5) is 5.82 Å². The number of hydrogen-bond acceptors (Lipinski definition) is 5. The third-order valence-corrected chi connectivity index (χ3v) is 2.95. The Morgan fingerprint density at radius 3 is 2.37 bits per heavy atom. The van der Waals surface area contributed by atoms with Crippen LogP contribution in [0.1, 0.15) is 5.56 Å². The predicted octanol–water partition coefficient (Wildman–Crippen LogP) is 1.01. The van der Waals surface area contributed by atoms with Crippen molar-refractivity contribution in [1.82, 2.24) is 9.97 Å². The van der Waals surface area contributed by atoms with Crippen LogP contribution in [0, 0.1) is 0 Å². The van der Waals surface area contributed by atoms with Crippen molar-refractivity contribution in [2.75, 3.05) is 11.0 Å². The average Bonchev–Trinajstić information content (AvgIpc) is 2.38. The molecule has 2 aromatic rings. The van der Waals surface area contributed by atoms with Gasteiger partial charge in [0.2, 0.25) is 10.0 Å². The summed E-state index contributed by atoms with van der Waals surface area (Å²) >= 11 is 0. The van der Waals surface area contributed by atoms with Crippen molar-refractivity contribution in [1.29, 1.82) is 0 Å². The van der Waals surface area contributed by atoms with Crippen molar-refractivity contribution in [2.24, 2.45) is 0 Å². The molecule has 6 nitrogen and oxygen atoms in total. The SMILES string of the molecule is CS(=O)(=O)Nc1nccnc1-c1ccc(CO)cc1. The fourth-order valence-corrected chi connectivity index (χ4v) is 2.07. The van der Waals surface area contributed by atoms with Crippen LogP contribution >= 0.6 is 0 Å². The molecule has 1 aromatic heterocycles. The number of sulfonamides is 1. The van der Waals surface area contributed by atoms with Crippen LogP contribution in [0.25, 0.3) is 11.3 Å². The van der Waals surface area contributed by atoms with Crippen molar-refractivity contribution < 1.29 is 13.5 Å². The van der Waals surface area contributed by atoms with Gasteiger partial charge in [-0.3, -0.25) is 9.71 Å². The van der Waals surface area contributed by atoms with E-state index in [-0.39, 0.29) is 12.4 Å². The zero-order valence-corrected chi connectivity index (χ0v) is 11.1. The number of aliphatic hydroxyl groups is 1. The van der Waals surface area contributed by atoms with Gasteiger partial charge in [0.05, 0.1) is 12.9 Å². The van der Waals surface area contributed by atoms with Gasteiger partial charge in [0.25, 0.3) is 0 Å². The van der Waals surface area contributed by atoms with E-state index in [1.165, 1.54) is 12.4 Å². The van der Waals surface area contributed by atoms with Gasteiger partial charge in [-0.15, -0.1) is 0 Å². The van der Waals surface area contributed by atoms with E-state index in [0.29, 0.717) is 5.69 Å². The first-order valence-electron chi connectivity index (χ1n) is 5.48. The standard InChI is InChI=1S/C12H13N3O3S/c1-19(17,18)15-12-11(13-6-7-14-12)10-4-2-9(8-16)3-5-10/h2-7,16H,8H2,1H3,(H,14,15). The second kappa shape index (κ2) is 5.33. The van der Waals surface area contributed by atoms with Gasteiger partial charge in [0, 0.05) is 18.0 Å². The number of rotatable bonds is 4. The van der Waals surface area contributed by atoms with Crippen molar-refractivity contribution >= 4 is 15.8 Å². The average molecular weight is 279 g/mol. The van der Waals surface area contributed by atoms with Gasteiger partial charge in [0.15, 0.2) is 5.82 Å². The number of benzene rings is 1. The van der Waals surface area contributed by atoms with Gasteiger partial charge < -0.3 is 5.11 Å². The molecule has 0 radical (unpaired) electrons. The van der Waals surface area contributed by atoms with Crippen LogP contribution in [-0.4, -0.2) is 29.7 Å². The largest absolute Gasteiger partial charge is 0.392 e. The Hall–Kier alpha value is -1.99. The van der Waals surface area contributed by atoms with Crippen LogP contribution in [0.15, 0.2) is 36.7 Å². The molecule has 2 N–H and O–H groups in total. The van der Waals surface area contributed by atoms with Crippen molar-refractivity contribution in [3.05, 3.63) is 42.2 Å². The van der Waals surface area contributed by atoms with Gasteiger partial charge in [-0.05, 0) is 5.56 Å². The lowest BCUT2D eigenvalue weighted by Crippen LogP contribution is -2.12. The Bertz CT molecular complexity index is 669. The number of aliphatic hydroxyl groups excluding tert-OH is 1. The molecule has 1 aromatic carbocycles. The molecule has 0 aliphatic carbocycles. The van der Waals surface area contributed by atoms with Crippen molar-refractivity contribution in [2.45, 2.75) is 6.61 Å². The molecule has 0 fully saturated rings. The quantitative estimate of drug-likeness (QED) is 0.871. The summed E-state index contributed by atoms with van der Waals surface area (Å²) in [7, 11) is -3.41. The fourth-order valence-electron chi connectivity index (χ4n) is 1.57. The van der Waals surface area contributed by atoms with Crippen LogP contribution in [0.3, 0.4) is 0 Å². The van der Waals surface area contributed by atoms with Gasteiger partial charge in [-0.2, -0.15) is 0 Å². The summed E-state index contributed by atoms with van der Waals surface area (Å²) in [5, 5.41) is 8.99. The zero-order chi connectivity index (χ0) is 13.9. The van der Waals surface area contributed by atoms with E-state index in [1.807, 2.05) is 0 Å². The summed E-state index contributed by atoms with van der Waals surface area (Å²) in [4.78, 5) is 8.12. The summed E-state index contributed by atoms with van der Waals surface area (Å²) in [6.45, 7) is -0.0464. The maximum atomic E-state index is 11.3. The minimum atomic E-state index is -3.41. The smallest absolute Gasteiger partial charge is 0.231 e. The molecular weight excluding hydrogens is 266 g/mol. The molecule has 0 spiro atoms. The summed E-state index contributed by atoms with van der Waals surface area (Å²) in [5.41, 5.74) is 1.93. The van der Waals surface area contributed by atoms with Crippen LogP contribution < -0.4 is 4.72 Å². The molecule has 0 aliphatic heterocycles. The lowest BCUT2D eigenvalue weighted by Gasteiger charge is -2.08. The number of hydrogen-bond donors (Lipinski definition) is 2. The first kappa shape index (κ1) is 13.4. The number of nitrogens with zero attached hydrogens (tertiary/aromatic N) is 2. The van der Waals surface area contributed by atoms with Crippen LogP contribution in [-0.2, 0) is 16.6 Å². The molecule has 0 atom stereocenters. The second-order valence-corrected chi connectivity index (χ2v) is 5.73. The number of anilines is 1. The summed E-state index contributed by atoms with van der Waals surface area (Å²) in [6, 6.07) is 6.99. The summed E-state index contributed by atoms with van der Waals surface area (Å²) in [6.07, 6.45) is 3.96. The predicted molar refractivity (Wildman–Crippen MR) is 71.9 cm³/mol. The van der Waals surface area contributed by atoms with Crippen LogP contribution in [0.5, 0.6) is 0 Å². The summed E-state index contributed by atoms with van der Waals surface area (Å²) in [5.74, 6) is 0.182. The molecule has 0 saturated carbocycles. The molecule has 0 aliphatic rings. The zero-order valence-electron chi connectivity index (χ0n) is 10.2. The van der Waals surface area contributed by atoms with Crippen LogP contribution in [0.2, 0.25) is 0 Å². The Kier molecular flexibility index (Phi) is 3.77. The lowest BCUT2D eigenvalue weighted by atomic mass is 10.1. The van der Waals surface area contributed by atoms with E-state index in [1.54, 1.807) is 24.3 Å². The lowest BCUT2D eigenvalue weighted by molar-refractivity contribution is 0.282. The minimum Gasteiger partial charge on any atom is -0.392 e. The first-order valence-corrected chi connectivity index (χ1v) is 7.38. The third kappa shape index (κ3) is 3.49. The summed E-state index contributed by atoms with van der Waals surface area (Å²) < 4.78 is 24.9. The number of aromatic nitrogens is 2. The Labute approximate surface area is 111 Å². The van der Waals surface area contributed by atoms with Gasteiger partial charge in [0.1, 0.15) is 5.69 Å². The highest BCUT2D eigenvalue weighted by Crippen LogP contribution is 2.24. The third-order valence-electron chi connectivity index (χ3n) is 2.39. The molecule has 1 heterocycles. The van der Waals surface area contributed by atoms with E-state index in [0.717, 1.165) is 17.4 Å². The van der Waals surface area contributed by atoms with E-state index >= 15 is 0 Å². The highest BCUT2D eigenvalue weighted by Gasteiger charge is 2.11. The van der Waals surface area contributed by atoms with E-state index in [9.17, 15) is 8.42 Å². The highest BCUT2D eigenvalue weighted by atomic mass is 32.2. The van der Waals surface area contributed by atoms with E-state index in [4.69, 9.17) is 5.11 Å². The first-order chi connectivity index (χ1) is 8.99. The number of nitrogens with one attached hydrogen (secondary N) is 1. The molecule has 0 amide bonds. The Morgan fingerprint density at radius 1 is 1.16 bits per heavy atom. The maximum Gasteiger partial charge on any atom is 0.231 e. The van der Waals surface area contributed by atoms with Gasteiger partial charge in [-0.25, -0.2) is 13.4 Å². The van der Waals surface area contributed by atoms with Crippen molar-refractivity contribution in [3.63, 3.8) is 0 Å². The molecule has 0 unspecified atom stereocenters. The van der Waals surface area contributed by atoms with E-state index in [2.05, 4.69) is 14.7 Å². The molecule has 7 heteroatoms. The van der Waals surface area contributed by atoms with Gasteiger partial charge in [-0.1, -0.05) is 24.3 Å². The topological polar surface area (TPSA) is 92.2 Å². The highest BCUT2D eigenvalue weighted by molar-refractivity contribution is 7.92. The molecule has 19 heavy (non-hydrogen) atoms. The van der Waals surface area contributed by atoms with E-state index < -0.39 is 10.0 Å². The maximum absolute atomic E-state index is 11.3. The molecule has 0 saturated heterocycles. The molecular formula is C12H13N3O3S. The fraction of sp³-hybridized carbons (Fsp3) is 0.167. The van der Waals surface area contributed by atoms with Crippen molar-refractivity contribution in [3.8, 4) is 11.3 Å². The Morgan fingerprint density at radius 2 is 1.79 bits per heavy atom. The molecule has 100 valence electrons. The Balaban J connectivity index is 2.43. The van der Waals surface area contributed by atoms with Gasteiger partial charge >= 0.3 is 0 Å². The monoisotopic (exact) mass is 279 g/mol. The minimum absolute atomic E-state index is 0.0464. The molecule has 2 rings (SSSR count). The normalized spacial score (nSPS) is 11.3.